The van der Waals surface area contributed by atoms with E-state index in [1.807, 2.05) is 34.6 Å². The highest BCUT2D eigenvalue weighted by molar-refractivity contribution is 5.91. The molecule has 0 aliphatic carbocycles. The standard InChI is InChI=1S/C30H36F6N4O6.C5H10O2.C2H6/c1-8-11-18(9-2)16-43-28(30(34,35)36)13-10-12-19(41)14-17(3)44-23-20(29(31,32)33)15-21(40(7)26(42)46-27(4,5)6)22(37-23)24-38-39-25(28)45-24;1-5(2,3)7-4-6;1-2/h8-9,11,15,17,19,41H,1-2,10,12-14,16H2,3-7H3;4H,1-3H3;1-2H3/b18-11+;;/t17-,19?,28?;;/m1../s1. The van der Waals surface area contributed by atoms with Gasteiger partial charge in [-0.15, -0.1) is 10.2 Å². The van der Waals surface area contributed by atoms with E-state index in [1.165, 1.54) is 45.9 Å². The van der Waals surface area contributed by atoms with Crippen LogP contribution in [-0.4, -0.2) is 76.1 Å². The lowest BCUT2D eigenvalue weighted by Gasteiger charge is -2.33. The molecular weight excluding hydrogens is 742 g/mol. The van der Waals surface area contributed by atoms with Crippen molar-refractivity contribution in [2.75, 3.05) is 18.6 Å². The first-order valence-corrected chi connectivity index (χ1v) is 17.3. The Morgan fingerprint density at radius 3 is 2.16 bits per heavy atom. The zero-order chi connectivity index (χ0) is 42.6. The second-order valence-electron chi connectivity index (χ2n) is 14.0. The van der Waals surface area contributed by atoms with E-state index in [9.17, 15) is 27.9 Å². The van der Waals surface area contributed by atoms with Gasteiger partial charge in [0.25, 0.3) is 18.3 Å². The van der Waals surface area contributed by atoms with Crippen LogP contribution in [0.4, 0.5) is 36.8 Å². The van der Waals surface area contributed by atoms with Crippen LogP contribution >= 0.6 is 0 Å². The summed E-state index contributed by atoms with van der Waals surface area (Å²) in [6.07, 6.45) is -11.2. The van der Waals surface area contributed by atoms with E-state index in [1.54, 1.807) is 0 Å². The quantitative estimate of drug-likeness (QED) is 0.163. The summed E-state index contributed by atoms with van der Waals surface area (Å²) in [5.41, 5.74) is -6.96. The molecule has 1 aliphatic heterocycles. The van der Waals surface area contributed by atoms with Gasteiger partial charge in [-0.1, -0.05) is 45.2 Å². The van der Waals surface area contributed by atoms with Crippen molar-refractivity contribution < 1.29 is 64.4 Å². The third-order valence-electron chi connectivity index (χ3n) is 7.20. The van der Waals surface area contributed by atoms with Gasteiger partial charge in [-0.2, -0.15) is 26.3 Å². The van der Waals surface area contributed by atoms with Crippen LogP contribution in [0.1, 0.15) is 99.5 Å². The number of nitrogens with zero attached hydrogens (tertiary/aromatic N) is 4. The fourth-order valence-electron chi connectivity index (χ4n) is 4.69. The van der Waals surface area contributed by atoms with Crippen LogP contribution in [0.25, 0.3) is 11.6 Å². The van der Waals surface area contributed by atoms with E-state index < -0.39 is 89.5 Å². The number of alkyl halides is 6. The molecule has 0 saturated carbocycles. The average molecular weight is 795 g/mol. The van der Waals surface area contributed by atoms with Crippen molar-refractivity contribution in [3.8, 4) is 17.5 Å². The molecule has 1 amide bonds. The summed E-state index contributed by atoms with van der Waals surface area (Å²) >= 11 is 0. The van der Waals surface area contributed by atoms with Crippen LogP contribution in [-0.2, 0) is 30.8 Å². The Kier molecular flexibility index (Phi) is 17.6. The molecule has 4 bridgehead atoms. The van der Waals surface area contributed by atoms with Crippen molar-refractivity contribution in [2.24, 2.45) is 0 Å². The minimum atomic E-state index is -5.16. The predicted octanol–water partition coefficient (Wildman–Crippen LogP) is 9.28. The van der Waals surface area contributed by atoms with Crippen molar-refractivity contribution in [3.63, 3.8) is 0 Å². The number of aliphatic hydroxyl groups excluding tert-OH is 1. The Hall–Kier alpha value is -4.45. The lowest BCUT2D eigenvalue weighted by Crippen LogP contribution is -2.46. The van der Waals surface area contributed by atoms with Crippen LogP contribution in [0, 0.1) is 0 Å². The molecule has 1 N–H and O–H groups in total. The molecule has 0 aromatic carbocycles. The average Bonchev–Trinajstić information content (AvgIpc) is 3.54. The maximum atomic E-state index is 15.0. The predicted molar refractivity (Wildman–Crippen MR) is 192 cm³/mol. The van der Waals surface area contributed by atoms with Gasteiger partial charge in [0.05, 0.1) is 18.4 Å². The number of carbonyl (C=O) groups is 2. The van der Waals surface area contributed by atoms with E-state index in [4.69, 9.17) is 18.6 Å². The molecule has 3 heterocycles. The van der Waals surface area contributed by atoms with Gasteiger partial charge >= 0.3 is 18.4 Å². The lowest BCUT2D eigenvalue weighted by molar-refractivity contribution is -0.293. The number of hydrogen-bond acceptors (Lipinski definition) is 11. The number of aromatic nitrogens is 3. The number of fused-ring (bicyclic) bond motifs is 5. The topological polar surface area (TPSA) is 146 Å². The fourth-order valence-corrected chi connectivity index (χ4v) is 4.69. The van der Waals surface area contributed by atoms with Crippen molar-refractivity contribution >= 4 is 18.3 Å². The number of halogens is 6. The molecule has 3 rings (SSSR count). The van der Waals surface area contributed by atoms with E-state index in [0.29, 0.717) is 17.4 Å². The Bertz CT molecular complexity index is 1610. The first-order valence-electron chi connectivity index (χ1n) is 17.3. The van der Waals surface area contributed by atoms with Crippen molar-refractivity contribution in [1.29, 1.82) is 0 Å². The maximum absolute atomic E-state index is 15.0. The number of carbonyl (C=O) groups excluding carboxylic acids is 2. The summed E-state index contributed by atoms with van der Waals surface area (Å²) in [4.78, 5) is 27.2. The molecule has 1 aliphatic rings. The van der Waals surface area contributed by atoms with E-state index in [2.05, 4.69) is 33.1 Å². The second kappa shape index (κ2) is 19.9. The third-order valence-corrected chi connectivity index (χ3v) is 7.20. The number of ether oxygens (including phenoxy) is 4. The van der Waals surface area contributed by atoms with Crippen LogP contribution in [0.15, 0.2) is 47.4 Å². The highest BCUT2D eigenvalue weighted by Crippen LogP contribution is 2.48. The molecule has 0 saturated heterocycles. The molecule has 310 valence electrons. The number of pyridine rings is 1. The highest BCUT2D eigenvalue weighted by atomic mass is 19.4. The third kappa shape index (κ3) is 14.3. The normalized spacial score (nSPS) is 19.5. The Morgan fingerprint density at radius 1 is 1.07 bits per heavy atom. The lowest BCUT2D eigenvalue weighted by atomic mass is 9.93. The fraction of sp³-hybridized carbons (Fsp3) is 0.595. The number of anilines is 1. The van der Waals surface area contributed by atoms with E-state index in [0.717, 1.165) is 7.05 Å². The summed E-state index contributed by atoms with van der Waals surface area (Å²) < 4.78 is 114. The summed E-state index contributed by atoms with van der Waals surface area (Å²) in [5.74, 6) is -2.82. The van der Waals surface area contributed by atoms with E-state index in [-0.39, 0.29) is 30.4 Å². The number of amides is 1. The van der Waals surface area contributed by atoms with Gasteiger partial charge < -0.3 is 28.5 Å². The monoisotopic (exact) mass is 794 g/mol. The summed E-state index contributed by atoms with van der Waals surface area (Å²) in [5, 5.41) is 17.9. The first kappa shape index (κ1) is 48.6. The highest BCUT2D eigenvalue weighted by Gasteiger charge is 2.61. The SMILES string of the molecule is C=C/C=C(\C=C)COC1(C(F)(F)F)CCCC(O)C[C@@H](C)Oc2nc(c(N(C)C(=O)OC(C)(C)C)cc2C(F)(F)F)-c2nnc1o2.CC.CC(C)(C)OC=O. The van der Waals surface area contributed by atoms with E-state index >= 15 is 13.2 Å². The van der Waals surface area contributed by atoms with Gasteiger partial charge in [-0.25, -0.2) is 9.78 Å². The zero-order valence-electron chi connectivity index (χ0n) is 32.9. The zero-order valence-corrected chi connectivity index (χ0v) is 32.9. The number of aliphatic hydroxyl groups is 1. The molecule has 2 aromatic rings. The van der Waals surface area contributed by atoms with Gasteiger partial charge in [-0.05, 0) is 79.4 Å². The minimum Gasteiger partial charge on any atom is -0.474 e. The van der Waals surface area contributed by atoms with Crippen molar-refractivity contribution in [1.82, 2.24) is 15.2 Å². The molecule has 12 nitrogen and oxygen atoms in total. The second-order valence-corrected chi connectivity index (χ2v) is 14.0. The molecule has 2 unspecified atom stereocenters. The van der Waals surface area contributed by atoms with Crippen LogP contribution in [0.3, 0.4) is 0 Å². The molecular formula is C37H52F6N4O8. The molecule has 55 heavy (non-hydrogen) atoms. The van der Waals surface area contributed by atoms with Crippen LogP contribution < -0.4 is 9.64 Å². The summed E-state index contributed by atoms with van der Waals surface area (Å²) in [6.45, 7) is 22.3. The number of rotatable bonds is 7. The Morgan fingerprint density at radius 2 is 1.69 bits per heavy atom. The van der Waals surface area contributed by atoms with Crippen LogP contribution in [0.5, 0.6) is 5.88 Å². The first-order chi connectivity index (χ1) is 25.3. The molecule has 0 fully saturated rings. The van der Waals surface area contributed by atoms with Gasteiger partial charge in [0.2, 0.25) is 11.5 Å². The molecule has 0 radical (unpaired) electrons. The van der Waals surface area contributed by atoms with Crippen molar-refractivity contribution in [3.05, 3.63) is 54.5 Å². The van der Waals surface area contributed by atoms with Crippen molar-refractivity contribution in [2.45, 2.75) is 129 Å². The van der Waals surface area contributed by atoms with Gasteiger partial charge in [0, 0.05) is 13.5 Å². The number of allylic oxidation sites excluding steroid dienone is 2. The molecule has 2 aromatic heterocycles. The van der Waals surface area contributed by atoms with Gasteiger partial charge in [0.15, 0.2) is 5.69 Å². The van der Waals surface area contributed by atoms with Gasteiger partial charge in [-0.3, -0.25) is 9.69 Å². The molecule has 18 heteroatoms. The Balaban J connectivity index is 0.00000151. The molecule has 0 spiro atoms. The van der Waals surface area contributed by atoms with Crippen LogP contribution in [0.2, 0.25) is 0 Å². The number of hydrogen-bond donors (Lipinski definition) is 1. The largest absolute Gasteiger partial charge is 0.474 e. The smallest absolute Gasteiger partial charge is 0.426 e. The maximum Gasteiger partial charge on any atom is 0.426 e. The summed E-state index contributed by atoms with van der Waals surface area (Å²) in [6, 6.07) is 0.518. The van der Waals surface area contributed by atoms with Gasteiger partial charge in [0.1, 0.15) is 22.9 Å². The Labute approximate surface area is 317 Å². The minimum absolute atomic E-state index is 0.197. The molecule has 3 atom stereocenters. The summed E-state index contributed by atoms with van der Waals surface area (Å²) in [7, 11) is 1.08.